The molecular formula is C26H31N5O2. The van der Waals surface area contributed by atoms with Crippen LogP contribution in [0.25, 0.3) is 21.9 Å². The Kier molecular flexibility index (Phi) is 5.18. The maximum absolute atomic E-state index is 12.7. The molecule has 3 aliphatic heterocycles. The molecular weight excluding hydrogens is 414 g/mol. The van der Waals surface area contributed by atoms with Crippen LogP contribution in [0.4, 0.5) is 0 Å². The Hall–Kier alpha value is -2.77. The monoisotopic (exact) mass is 445 g/mol. The highest BCUT2D eigenvalue weighted by Crippen LogP contribution is 2.39. The molecule has 0 bridgehead atoms. The van der Waals surface area contributed by atoms with Crippen molar-refractivity contribution in [3.63, 3.8) is 0 Å². The third-order valence-electron chi connectivity index (χ3n) is 7.90. The maximum Gasteiger partial charge on any atom is 0.249 e. The Morgan fingerprint density at radius 3 is 2.73 bits per heavy atom. The second-order valence-electron chi connectivity index (χ2n) is 10.1. The molecule has 3 fully saturated rings. The topological polar surface area (TPSA) is 79.3 Å². The Bertz CT molecular complexity index is 1220. The summed E-state index contributed by atoms with van der Waals surface area (Å²) in [6, 6.07) is 9.96. The Morgan fingerprint density at radius 2 is 1.91 bits per heavy atom. The van der Waals surface area contributed by atoms with E-state index in [4.69, 9.17) is 4.98 Å². The lowest BCUT2D eigenvalue weighted by Crippen LogP contribution is -2.59. The van der Waals surface area contributed by atoms with Gasteiger partial charge in [0, 0.05) is 36.5 Å². The van der Waals surface area contributed by atoms with Crippen molar-refractivity contribution in [2.75, 3.05) is 32.7 Å². The van der Waals surface area contributed by atoms with Crippen LogP contribution in [0.2, 0.25) is 0 Å². The predicted molar refractivity (Wildman–Crippen MR) is 128 cm³/mol. The lowest BCUT2D eigenvalue weighted by Gasteiger charge is -2.52. The standard InChI is InChI=1S/C26H31N5O2/c32-22-8-7-21(25(33)29-22)31-20-6-2-1-5-19(20)23-18(9-12-28-24(23)31)4-3-15-30-16-26(17-30)10-13-27-14-11-26/h1-2,5-6,9,12,21,27H,3-4,7-8,10-11,13-17H2,(H,29,32,33). The lowest BCUT2D eigenvalue weighted by molar-refractivity contribution is -0.135. The first-order chi connectivity index (χ1) is 16.1. The average Bonchev–Trinajstić information content (AvgIpc) is 3.14. The summed E-state index contributed by atoms with van der Waals surface area (Å²) in [7, 11) is 0. The highest BCUT2D eigenvalue weighted by molar-refractivity contribution is 6.10. The summed E-state index contributed by atoms with van der Waals surface area (Å²) in [6.45, 7) is 5.95. The number of pyridine rings is 1. The molecule has 0 saturated carbocycles. The van der Waals surface area contributed by atoms with Gasteiger partial charge in [-0.3, -0.25) is 14.9 Å². The summed E-state index contributed by atoms with van der Waals surface area (Å²) < 4.78 is 2.05. The van der Waals surface area contributed by atoms with Crippen molar-refractivity contribution >= 4 is 33.8 Å². The Morgan fingerprint density at radius 1 is 1.09 bits per heavy atom. The number of hydrogen-bond acceptors (Lipinski definition) is 5. The number of rotatable bonds is 5. The van der Waals surface area contributed by atoms with Crippen LogP contribution < -0.4 is 10.6 Å². The van der Waals surface area contributed by atoms with E-state index in [-0.39, 0.29) is 11.8 Å². The molecule has 7 nitrogen and oxygen atoms in total. The first-order valence-electron chi connectivity index (χ1n) is 12.3. The number of fused-ring (bicyclic) bond motifs is 3. The molecule has 0 aliphatic carbocycles. The molecule has 1 unspecified atom stereocenters. The second kappa shape index (κ2) is 8.22. The minimum Gasteiger partial charge on any atom is -0.317 e. The van der Waals surface area contributed by atoms with Crippen molar-refractivity contribution in [3.05, 3.63) is 42.1 Å². The molecule has 3 aromatic rings. The van der Waals surface area contributed by atoms with E-state index in [1.165, 1.54) is 44.6 Å². The summed E-state index contributed by atoms with van der Waals surface area (Å²) in [4.78, 5) is 31.7. The van der Waals surface area contributed by atoms with Crippen molar-refractivity contribution in [1.82, 2.24) is 25.1 Å². The van der Waals surface area contributed by atoms with Gasteiger partial charge in [0.15, 0.2) is 0 Å². The minimum atomic E-state index is -0.407. The zero-order valence-corrected chi connectivity index (χ0v) is 19.0. The number of aryl methyl sites for hydroxylation is 1. The average molecular weight is 446 g/mol. The minimum absolute atomic E-state index is 0.192. The lowest BCUT2D eigenvalue weighted by atomic mass is 9.72. The number of likely N-dealkylation sites (tertiary alicyclic amines) is 1. The summed E-state index contributed by atoms with van der Waals surface area (Å²) in [5, 5.41) is 8.28. The fourth-order valence-electron chi connectivity index (χ4n) is 6.25. The molecule has 0 radical (unpaired) electrons. The van der Waals surface area contributed by atoms with Gasteiger partial charge in [0.2, 0.25) is 11.8 Å². The van der Waals surface area contributed by atoms with E-state index in [2.05, 4.69) is 33.7 Å². The summed E-state index contributed by atoms with van der Waals surface area (Å²) >= 11 is 0. The van der Waals surface area contributed by atoms with Crippen molar-refractivity contribution in [2.24, 2.45) is 5.41 Å². The number of carbonyl (C=O) groups excluding carboxylic acids is 2. The molecule has 1 spiro atoms. The van der Waals surface area contributed by atoms with E-state index in [1.54, 1.807) is 0 Å². The molecule has 3 aliphatic rings. The van der Waals surface area contributed by atoms with Gasteiger partial charge in [0.25, 0.3) is 0 Å². The molecule has 2 N–H and O–H groups in total. The van der Waals surface area contributed by atoms with E-state index in [0.29, 0.717) is 18.3 Å². The van der Waals surface area contributed by atoms with Gasteiger partial charge in [-0.05, 0) is 74.8 Å². The molecule has 1 atom stereocenters. The first-order valence-corrected chi connectivity index (χ1v) is 12.3. The van der Waals surface area contributed by atoms with Crippen LogP contribution in [-0.4, -0.2) is 59.0 Å². The van der Waals surface area contributed by atoms with Crippen LogP contribution in [0.15, 0.2) is 36.5 Å². The third kappa shape index (κ3) is 3.63. The number of hydrogen-bond donors (Lipinski definition) is 2. The molecule has 172 valence electrons. The van der Waals surface area contributed by atoms with Crippen LogP contribution in [-0.2, 0) is 16.0 Å². The van der Waals surface area contributed by atoms with Crippen LogP contribution in [0.5, 0.6) is 0 Å². The normalized spacial score (nSPS) is 23.2. The Balaban J connectivity index is 1.25. The second-order valence-corrected chi connectivity index (χ2v) is 10.1. The molecule has 5 heterocycles. The molecule has 33 heavy (non-hydrogen) atoms. The van der Waals surface area contributed by atoms with Crippen LogP contribution >= 0.6 is 0 Å². The zero-order chi connectivity index (χ0) is 22.4. The fraction of sp³-hybridized carbons (Fsp3) is 0.500. The van der Waals surface area contributed by atoms with E-state index < -0.39 is 6.04 Å². The van der Waals surface area contributed by atoms with Gasteiger partial charge in [-0.25, -0.2) is 4.98 Å². The number of piperidine rings is 2. The molecule has 6 rings (SSSR count). The van der Waals surface area contributed by atoms with Gasteiger partial charge >= 0.3 is 0 Å². The van der Waals surface area contributed by atoms with Crippen molar-refractivity contribution in [1.29, 1.82) is 0 Å². The summed E-state index contributed by atoms with van der Waals surface area (Å²) in [5.41, 5.74) is 3.72. The largest absolute Gasteiger partial charge is 0.317 e. The SMILES string of the molecule is O=C1CCC(n2c3ccccc3c3c(CCCN4CC5(CCNCC5)C4)ccnc32)C(=O)N1. The van der Waals surface area contributed by atoms with Gasteiger partial charge in [0.05, 0.1) is 5.52 Å². The number of benzene rings is 1. The number of nitrogens with zero attached hydrogens (tertiary/aromatic N) is 3. The van der Waals surface area contributed by atoms with Crippen LogP contribution in [0.3, 0.4) is 0 Å². The van der Waals surface area contributed by atoms with E-state index in [9.17, 15) is 9.59 Å². The number of nitrogens with one attached hydrogen (secondary N) is 2. The van der Waals surface area contributed by atoms with E-state index in [1.807, 2.05) is 22.9 Å². The molecule has 2 amide bonds. The van der Waals surface area contributed by atoms with Crippen molar-refractivity contribution in [3.8, 4) is 0 Å². The summed E-state index contributed by atoms with van der Waals surface area (Å²) in [5.74, 6) is -0.423. The van der Waals surface area contributed by atoms with Gasteiger partial charge in [0.1, 0.15) is 11.7 Å². The van der Waals surface area contributed by atoms with E-state index in [0.717, 1.165) is 41.3 Å². The predicted octanol–water partition coefficient (Wildman–Crippen LogP) is 2.79. The first kappa shape index (κ1) is 20.8. The number of imide groups is 1. The van der Waals surface area contributed by atoms with Crippen molar-refractivity contribution < 1.29 is 9.59 Å². The van der Waals surface area contributed by atoms with Gasteiger partial charge in [-0.15, -0.1) is 0 Å². The highest BCUT2D eigenvalue weighted by atomic mass is 16.2. The third-order valence-corrected chi connectivity index (χ3v) is 7.90. The number of para-hydroxylation sites is 1. The fourth-order valence-corrected chi connectivity index (χ4v) is 6.25. The maximum atomic E-state index is 12.7. The molecule has 7 heteroatoms. The quantitative estimate of drug-likeness (QED) is 0.591. The number of carbonyl (C=O) groups is 2. The van der Waals surface area contributed by atoms with Crippen LogP contribution in [0.1, 0.15) is 43.7 Å². The molecule has 1 aromatic carbocycles. The number of aromatic nitrogens is 2. The van der Waals surface area contributed by atoms with Crippen LogP contribution in [0, 0.1) is 5.41 Å². The highest BCUT2D eigenvalue weighted by Gasteiger charge is 2.42. The number of amides is 2. The van der Waals surface area contributed by atoms with E-state index >= 15 is 0 Å². The van der Waals surface area contributed by atoms with Crippen molar-refractivity contribution in [2.45, 2.75) is 44.6 Å². The smallest absolute Gasteiger partial charge is 0.249 e. The summed E-state index contributed by atoms with van der Waals surface area (Å²) in [6.07, 6.45) is 7.47. The molecule has 2 aromatic heterocycles. The Labute approximate surface area is 193 Å². The van der Waals surface area contributed by atoms with Gasteiger partial charge in [-0.1, -0.05) is 18.2 Å². The molecule has 3 saturated heterocycles. The van der Waals surface area contributed by atoms with Gasteiger partial charge < -0.3 is 14.8 Å². The zero-order valence-electron chi connectivity index (χ0n) is 19.0. The van der Waals surface area contributed by atoms with Gasteiger partial charge in [-0.2, -0.15) is 0 Å².